The van der Waals surface area contributed by atoms with Crippen molar-refractivity contribution >= 4 is 11.9 Å². The zero-order valence-electron chi connectivity index (χ0n) is 16.1. The average molecular weight is 395 g/mol. The molecule has 7 heteroatoms. The van der Waals surface area contributed by atoms with Crippen LogP contribution in [0, 0.1) is 5.82 Å². The summed E-state index contributed by atoms with van der Waals surface area (Å²) in [6, 6.07) is 16.0. The summed E-state index contributed by atoms with van der Waals surface area (Å²) in [5.41, 5.74) is 1.68. The lowest BCUT2D eigenvalue weighted by Crippen LogP contribution is -2.26. The van der Waals surface area contributed by atoms with Crippen LogP contribution in [-0.2, 0) is 12.8 Å². The first-order valence-electron chi connectivity index (χ1n) is 9.26. The number of aromatic nitrogens is 2. The van der Waals surface area contributed by atoms with E-state index in [1.165, 1.54) is 12.3 Å². The van der Waals surface area contributed by atoms with Gasteiger partial charge in [0.2, 0.25) is 5.95 Å². The summed E-state index contributed by atoms with van der Waals surface area (Å²) in [6.07, 6.45) is 2.50. The second-order valence-corrected chi connectivity index (χ2v) is 6.52. The number of carbonyl (C=O) groups is 1. The highest BCUT2D eigenvalue weighted by molar-refractivity contribution is 5.88. The normalized spacial score (nSPS) is 10.6. The van der Waals surface area contributed by atoms with Gasteiger partial charge in [-0.3, -0.25) is 0 Å². The summed E-state index contributed by atoms with van der Waals surface area (Å²) in [6.45, 7) is 0.652. The van der Waals surface area contributed by atoms with Gasteiger partial charge in [-0.05, 0) is 30.5 Å². The number of benzene rings is 2. The van der Waals surface area contributed by atoms with Crippen molar-refractivity contribution in [3.05, 3.63) is 83.4 Å². The van der Waals surface area contributed by atoms with Gasteiger partial charge in [-0.2, -0.15) is 0 Å². The molecule has 0 saturated carbocycles. The number of aryl methyl sites for hydroxylation is 2. The standard InChI is InChI=1S/C22H22FN3O3/c1-26(13-14-29-20-10-6-5-9-18(20)23)22-24-15-17(21(27)28)19(25-22)12-11-16-7-3-2-4-8-16/h2-10,15H,11-14H2,1H3,(H,27,28). The Hall–Kier alpha value is -3.48. The molecule has 150 valence electrons. The summed E-state index contributed by atoms with van der Waals surface area (Å²) < 4.78 is 19.1. The van der Waals surface area contributed by atoms with Crippen molar-refractivity contribution < 1.29 is 19.0 Å². The molecule has 0 bridgehead atoms. The molecule has 3 rings (SSSR count). The van der Waals surface area contributed by atoms with E-state index >= 15 is 0 Å². The molecule has 0 fully saturated rings. The number of hydrogen-bond acceptors (Lipinski definition) is 5. The molecule has 0 saturated heterocycles. The molecular formula is C22H22FN3O3. The van der Waals surface area contributed by atoms with E-state index in [0.29, 0.717) is 31.0 Å². The van der Waals surface area contributed by atoms with Crippen LogP contribution in [0.3, 0.4) is 0 Å². The first-order chi connectivity index (χ1) is 14.0. The lowest BCUT2D eigenvalue weighted by atomic mass is 10.1. The molecule has 0 radical (unpaired) electrons. The quantitative estimate of drug-likeness (QED) is 0.597. The third-order valence-electron chi connectivity index (χ3n) is 4.44. The average Bonchev–Trinajstić information content (AvgIpc) is 2.74. The number of aromatic carboxylic acids is 1. The Bertz CT molecular complexity index is 967. The van der Waals surface area contributed by atoms with Crippen LogP contribution in [0.4, 0.5) is 10.3 Å². The van der Waals surface area contributed by atoms with Crippen LogP contribution in [0.2, 0.25) is 0 Å². The second-order valence-electron chi connectivity index (χ2n) is 6.52. The Labute approximate surface area is 168 Å². The highest BCUT2D eigenvalue weighted by atomic mass is 19.1. The SMILES string of the molecule is CN(CCOc1ccccc1F)c1ncc(C(=O)O)c(CCc2ccccc2)n1. The molecule has 2 aromatic carbocycles. The van der Waals surface area contributed by atoms with Gasteiger partial charge in [0.1, 0.15) is 6.61 Å². The molecule has 0 atom stereocenters. The van der Waals surface area contributed by atoms with Crippen molar-refractivity contribution in [3.63, 3.8) is 0 Å². The molecule has 0 unspecified atom stereocenters. The lowest BCUT2D eigenvalue weighted by Gasteiger charge is -2.18. The number of halogens is 1. The number of para-hydroxylation sites is 1. The Morgan fingerprint density at radius 1 is 1.10 bits per heavy atom. The van der Waals surface area contributed by atoms with E-state index in [1.807, 2.05) is 30.3 Å². The maximum Gasteiger partial charge on any atom is 0.339 e. The summed E-state index contributed by atoms with van der Waals surface area (Å²) in [5, 5.41) is 9.44. The second kappa shape index (κ2) is 9.64. The maximum absolute atomic E-state index is 13.6. The number of carboxylic acids is 1. The van der Waals surface area contributed by atoms with Gasteiger partial charge in [0.15, 0.2) is 11.6 Å². The molecule has 0 aliphatic heterocycles. The maximum atomic E-state index is 13.6. The van der Waals surface area contributed by atoms with Crippen molar-refractivity contribution in [2.24, 2.45) is 0 Å². The molecule has 3 aromatic rings. The molecule has 29 heavy (non-hydrogen) atoms. The molecule has 1 N–H and O–H groups in total. The minimum atomic E-state index is -1.05. The summed E-state index contributed by atoms with van der Waals surface area (Å²) in [4.78, 5) is 21.9. The number of rotatable bonds is 9. The predicted molar refractivity (Wildman–Crippen MR) is 108 cm³/mol. The Morgan fingerprint density at radius 3 is 2.55 bits per heavy atom. The molecule has 0 amide bonds. The van der Waals surface area contributed by atoms with E-state index in [2.05, 4.69) is 9.97 Å². The van der Waals surface area contributed by atoms with Crippen molar-refractivity contribution in [1.82, 2.24) is 9.97 Å². The van der Waals surface area contributed by atoms with Gasteiger partial charge in [0.25, 0.3) is 0 Å². The number of ether oxygens (including phenoxy) is 1. The van der Waals surface area contributed by atoms with Gasteiger partial charge >= 0.3 is 5.97 Å². The molecule has 0 aliphatic carbocycles. The van der Waals surface area contributed by atoms with E-state index in [1.54, 1.807) is 30.1 Å². The van der Waals surface area contributed by atoms with Gasteiger partial charge in [0, 0.05) is 13.2 Å². The number of hydrogen-bond donors (Lipinski definition) is 1. The van der Waals surface area contributed by atoms with Crippen LogP contribution >= 0.6 is 0 Å². The first kappa shape index (κ1) is 20.3. The lowest BCUT2D eigenvalue weighted by molar-refractivity contribution is 0.0694. The topological polar surface area (TPSA) is 75.5 Å². The molecular weight excluding hydrogens is 373 g/mol. The fourth-order valence-corrected chi connectivity index (χ4v) is 2.82. The predicted octanol–water partition coefficient (Wildman–Crippen LogP) is 3.61. The van der Waals surface area contributed by atoms with Crippen molar-refractivity contribution in [2.75, 3.05) is 25.1 Å². The Kier molecular flexibility index (Phi) is 6.73. The highest BCUT2D eigenvalue weighted by Crippen LogP contribution is 2.16. The smallest absolute Gasteiger partial charge is 0.339 e. The Balaban J connectivity index is 1.66. The van der Waals surface area contributed by atoms with Gasteiger partial charge < -0.3 is 14.7 Å². The molecule has 6 nitrogen and oxygen atoms in total. The monoisotopic (exact) mass is 395 g/mol. The van der Waals surface area contributed by atoms with Gasteiger partial charge in [-0.1, -0.05) is 42.5 Å². The van der Waals surface area contributed by atoms with E-state index in [0.717, 1.165) is 5.56 Å². The van der Waals surface area contributed by atoms with Crippen LogP contribution in [0.5, 0.6) is 5.75 Å². The molecule has 0 aliphatic rings. The third kappa shape index (κ3) is 5.51. The van der Waals surface area contributed by atoms with Gasteiger partial charge in [0.05, 0.1) is 17.8 Å². The zero-order valence-corrected chi connectivity index (χ0v) is 16.1. The number of carboxylic acid groups (broad SMARTS) is 1. The highest BCUT2D eigenvalue weighted by Gasteiger charge is 2.15. The number of nitrogens with zero attached hydrogens (tertiary/aromatic N) is 3. The van der Waals surface area contributed by atoms with Crippen LogP contribution in [-0.4, -0.2) is 41.2 Å². The van der Waals surface area contributed by atoms with E-state index in [9.17, 15) is 14.3 Å². The summed E-state index contributed by atoms with van der Waals surface area (Å²) in [7, 11) is 1.78. The Morgan fingerprint density at radius 2 is 1.83 bits per heavy atom. The van der Waals surface area contributed by atoms with Gasteiger partial charge in [-0.25, -0.2) is 19.2 Å². The number of anilines is 1. The largest absolute Gasteiger partial charge is 0.489 e. The minimum Gasteiger partial charge on any atom is -0.489 e. The fourth-order valence-electron chi connectivity index (χ4n) is 2.82. The van der Waals surface area contributed by atoms with E-state index < -0.39 is 11.8 Å². The van der Waals surface area contributed by atoms with Crippen molar-refractivity contribution in [3.8, 4) is 5.75 Å². The zero-order chi connectivity index (χ0) is 20.6. The third-order valence-corrected chi connectivity index (χ3v) is 4.44. The minimum absolute atomic E-state index is 0.0979. The van der Waals surface area contributed by atoms with Crippen molar-refractivity contribution in [1.29, 1.82) is 0 Å². The molecule has 1 heterocycles. The molecule has 1 aromatic heterocycles. The van der Waals surface area contributed by atoms with Crippen LogP contribution in [0.15, 0.2) is 60.8 Å². The molecule has 0 spiro atoms. The summed E-state index contributed by atoms with van der Waals surface area (Å²) in [5.74, 6) is -0.882. The van der Waals surface area contributed by atoms with E-state index in [4.69, 9.17) is 4.74 Å². The van der Waals surface area contributed by atoms with Crippen LogP contribution < -0.4 is 9.64 Å². The number of likely N-dealkylation sites (N-methyl/N-ethyl adjacent to an activating group) is 1. The van der Waals surface area contributed by atoms with Crippen molar-refractivity contribution in [2.45, 2.75) is 12.8 Å². The first-order valence-corrected chi connectivity index (χ1v) is 9.26. The fraction of sp³-hybridized carbons (Fsp3) is 0.227. The van der Waals surface area contributed by atoms with Crippen LogP contribution in [0.1, 0.15) is 21.6 Å². The van der Waals surface area contributed by atoms with Crippen LogP contribution in [0.25, 0.3) is 0 Å². The van der Waals surface area contributed by atoms with Gasteiger partial charge in [-0.15, -0.1) is 0 Å². The van der Waals surface area contributed by atoms with E-state index in [-0.39, 0.29) is 17.9 Å². The summed E-state index contributed by atoms with van der Waals surface area (Å²) >= 11 is 0.